The van der Waals surface area contributed by atoms with Gasteiger partial charge in [0.25, 0.3) is 0 Å². The van der Waals surface area contributed by atoms with Crippen LogP contribution in [0.2, 0.25) is 0 Å². The van der Waals surface area contributed by atoms with Crippen molar-refractivity contribution in [3.8, 4) is 0 Å². The van der Waals surface area contributed by atoms with E-state index in [4.69, 9.17) is 5.11 Å². The number of benzene rings is 1. The van der Waals surface area contributed by atoms with E-state index in [1.165, 1.54) is 23.7 Å². The van der Waals surface area contributed by atoms with Gasteiger partial charge in [-0.15, -0.1) is 0 Å². The van der Waals surface area contributed by atoms with E-state index in [1.54, 1.807) is 6.08 Å². The fourth-order valence-electron chi connectivity index (χ4n) is 2.21. The van der Waals surface area contributed by atoms with Crippen LogP contribution in [0.15, 0.2) is 24.3 Å². The fraction of sp³-hybridized carbons (Fsp3) is 0.471. The Morgan fingerprint density at radius 2 is 2.10 bits per heavy atom. The molecule has 1 N–H and O–H groups in total. The fourth-order valence-corrected chi connectivity index (χ4v) is 2.21. The minimum Gasteiger partial charge on any atom is -0.478 e. The first kappa shape index (κ1) is 16.3. The minimum absolute atomic E-state index is 0.668. The van der Waals surface area contributed by atoms with Gasteiger partial charge in [-0.3, -0.25) is 0 Å². The van der Waals surface area contributed by atoms with E-state index < -0.39 is 5.97 Å². The smallest absolute Gasteiger partial charge is 0.328 e. The topological polar surface area (TPSA) is 40.5 Å². The van der Waals surface area contributed by atoms with Crippen molar-refractivity contribution in [1.82, 2.24) is 0 Å². The molecule has 20 heavy (non-hydrogen) atoms. The van der Waals surface area contributed by atoms with E-state index in [-0.39, 0.29) is 0 Å². The average Bonchev–Trinajstić information content (AvgIpc) is 2.42. The average molecular weight is 275 g/mol. The third-order valence-corrected chi connectivity index (χ3v) is 3.59. The highest BCUT2D eigenvalue weighted by molar-refractivity contribution is 5.85. The summed E-state index contributed by atoms with van der Waals surface area (Å²) in [6.07, 6.45) is 3.98. The Hall–Kier alpha value is -1.77. The van der Waals surface area contributed by atoms with Gasteiger partial charge in [-0.25, -0.2) is 4.79 Å². The number of carbonyl (C=O) groups is 1. The molecular formula is C17H25NO2. The van der Waals surface area contributed by atoms with Gasteiger partial charge in [0.1, 0.15) is 0 Å². The molecule has 0 aliphatic carbocycles. The molecule has 110 valence electrons. The van der Waals surface area contributed by atoms with Crippen LogP contribution in [0, 0.1) is 12.8 Å². The van der Waals surface area contributed by atoms with Crippen molar-refractivity contribution in [2.75, 3.05) is 18.0 Å². The highest BCUT2D eigenvalue weighted by atomic mass is 16.4. The molecule has 0 aromatic heterocycles. The van der Waals surface area contributed by atoms with Crippen LogP contribution < -0.4 is 4.90 Å². The molecule has 0 saturated carbocycles. The van der Waals surface area contributed by atoms with Gasteiger partial charge in [0.15, 0.2) is 0 Å². The second-order valence-electron chi connectivity index (χ2n) is 5.27. The molecule has 1 atom stereocenters. The molecule has 0 amide bonds. The summed E-state index contributed by atoms with van der Waals surface area (Å²) in [6.45, 7) is 10.8. The van der Waals surface area contributed by atoms with Crippen molar-refractivity contribution in [1.29, 1.82) is 0 Å². The second-order valence-corrected chi connectivity index (χ2v) is 5.27. The Labute approximate surface area is 121 Å². The number of anilines is 1. The lowest BCUT2D eigenvalue weighted by Gasteiger charge is -2.28. The first-order valence-electron chi connectivity index (χ1n) is 7.24. The highest BCUT2D eigenvalue weighted by Crippen LogP contribution is 2.23. The predicted octanol–water partition coefficient (Wildman–Crippen LogP) is 3.97. The monoisotopic (exact) mass is 275 g/mol. The van der Waals surface area contributed by atoms with E-state index in [9.17, 15) is 4.79 Å². The Morgan fingerprint density at radius 3 is 2.60 bits per heavy atom. The molecule has 0 saturated heterocycles. The Bertz CT molecular complexity index is 480. The molecule has 0 radical (unpaired) electrons. The van der Waals surface area contributed by atoms with Gasteiger partial charge in [-0.05, 0) is 49.1 Å². The molecule has 1 rings (SSSR count). The van der Waals surface area contributed by atoms with Gasteiger partial charge in [0.05, 0.1) is 0 Å². The third-order valence-electron chi connectivity index (χ3n) is 3.59. The van der Waals surface area contributed by atoms with Crippen molar-refractivity contribution in [2.45, 2.75) is 34.1 Å². The third kappa shape index (κ3) is 4.72. The molecule has 0 aliphatic rings. The maximum Gasteiger partial charge on any atom is 0.328 e. The second kappa shape index (κ2) is 7.73. The molecule has 0 heterocycles. The van der Waals surface area contributed by atoms with Crippen LogP contribution in [0.25, 0.3) is 6.08 Å². The van der Waals surface area contributed by atoms with Crippen LogP contribution in [0.1, 0.15) is 38.3 Å². The van der Waals surface area contributed by atoms with E-state index in [0.717, 1.165) is 18.7 Å². The summed E-state index contributed by atoms with van der Waals surface area (Å²) >= 11 is 0. The lowest BCUT2D eigenvalue weighted by Crippen LogP contribution is -2.28. The van der Waals surface area contributed by atoms with Crippen LogP contribution >= 0.6 is 0 Å². The van der Waals surface area contributed by atoms with Gasteiger partial charge in [0.2, 0.25) is 0 Å². The molecule has 0 fully saturated rings. The number of aryl methyl sites for hydroxylation is 1. The number of rotatable bonds is 7. The Kier molecular flexibility index (Phi) is 6.29. The maximum absolute atomic E-state index is 10.5. The number of hydrogen-bond donors (Lipinski definition) is 1. The SMILES string of the molecule is CCC(C)CN(CC)c1ccc(C=CC(=O)O)cc1C. The largest absolute Gasteiger partial charge is 0.478 e. The van der Waals surface area contributed by atoms with Crippen molar-refractivity contribution in [2.24, 2.45) is 5.92 Å². The van der Waals surface area contributed by atoms with Crippen molar-refractivity contribution >= 4 is 17.7 Å². The summed E-state index contributed by atoms with van der Waals surface area (Å²) in [6, 6.07) is 6.10. The molecule has 3 heteroatoms. The lowest BCUT2D eigenvalue weighted by atomic mass is 10.1. The zero-order chi connectivity index (χ0) is 15.1. The van der Waals surface area contributed by atoms with Crippen LogP contribution in [0.3, 0.4) is 0 Å². The van der Waals surface area contributed by atoms with E-state index >= 15 is 0 Å². The number of carboxylic acid groups (broad SMARTS) is 1. The normalized spacial score (nSPS) is 12.6. The minimum atomic E-state index is -0.918. The summed E-state index contributed by atoms with van der Waals surface area (Å²) in [7, 11) is 0. The Balaban J connectivity index is 2.93. The molecule has 1 aromatic carbocycles. The van der Waals surface area contributed by atoms with Gasteiger partial charge < -0.3 is 10.0 Å². The molecule has 0 bridgehead atoms. The summed E-state index contributed by atoms with van der Waals surface area (Å²) < 4.78 is 0. The molecular weight excluding hydrogens is 250 g/mol. The van der Waals surface area contributed by atoms with Gasteiger partial charge in [-0.2, -0.15) is 0 Å². The molecule has 0 aliphatic heterocycles. The lowest BCUT2D eigenvalue weighted by molar-refractivity contribution is -0.131. The van der Waals surface area contributed by atoms with E-state index in [2.05, 4.69) is 38.7 Å². The quantitative estimate of drug-likeness (QED) is 0.766. The molecule has 0 spiro atoms. The van der Waals surface area contributed by atoms with Crippen LogP contribution in [-0.2, 0) is 4.79 Å². The summed E-state index contributed by atoms with van der Waals surface area (Å²) in [4.78, 5) is 12.9. The number of aliphatic carboxylic acids is 1. The van der Waals surface area contributed by atoms with Crippen LogP contribution in [0.5, 0.6) is 0 Å². The standard InChI is InChI=1S/C17H25NO2/c1-5-13(3)12-18(6-2)16-9-7-15(11-14(16)4)8-10-17(19)20/h7-11,13H,5-6,12H2,1-4H3,(H,19,20). The van der Waals surface area contributed by atoms with E-state index in [0.29, 0.717) is 5.92 Å². The number of hydrogen-bond acceptors (Lipinski definition) is 2. The first-order chi connectivity index (χ1) is 9.47. The van der Waals surface area contributed by atoms with Crippen LogP contribution in [0.4, 0.5) is 5.69 Å². The Morgan fingerprint density at radius 1 is 1.40 bits per heavy atom. The van der Waals surface area contributed by atoms with Gasteiger partial charge in [-0.1, -0.05) is 26.3 Å². The maximum atomic E-state index is 10.5. The number of carboxylic acids is 1. The van der Waals surface area contributed by atoms with Crippen molar-refractivity contribution < 1.29 is 9.90 Å². The molecule has 1 aromatic rings. The highest BCUT2D eigenvalue weighted by Gasteiger charge is 2.10. The van der Waals surface area contributed by atoms with Crippen LogP contribution in [-0.4, -0.2) is 24.2 Å². The van der Waals surface area contributed by atoms with Gasteiger partial charge >= 0.3 is 5.97 Å². The predicted molar refractivity (Wildman–Crippen MR) is 85.2 cm³/mol. The van der Waals surface area contributed by atoms with Crippen molar-refractivity contribution in [3.05, 3.63) is 35.4 Å². The van der Waals surface area contributed by atoms with Gasteiger partial charge in [0, 0.05) is 24.9 Å². The summed E-state index contributed by atoms with van der Waals surface area (Å²) in [5.74, 6) is -0.250. The number of nitrogens with zero attached hydrogens (tertiary/aromatic N) is 1. The summed E-state index contributed by atoms with van der Waals surface area (Å²) in [5.41, 5.74) is 3.34. The first-order valence-corrected chi connectivity index (χ1v) is 7.24. The van der Waals surface area contributed by atoms with Crippen molar-refractivity contribution in [3.63, 3.8) is 0 Å². The van der Waals surface area contributed by atoms with E-state index in [1.807, 2.05) is 12.1 Å². The molecule has 3 nitrogen and oxygen atoms in total. The molecule has 1 unspecified atom stereocenters. The zero-order valence-corrected chi connectivity index (χ0v) is 12.9. The summed E-state index contributed by atoms with van der Waals surface area (Å²) in [5, 5.41) is 8.66. The zero-order valence-electron chi connectivity index (χ0n) is 12.9.